The number of fused-ring (bicyclic) bond motifs is 1. The van der Waals surface area contributed by atoms with Gasteiger partial charge in [0.25, 0.3) is 5.56 Å². The number of benzene rings is 2. The van der Waals surface area contributed by atoms with Crippen molar-refractivity contribution in [2.75, 3.05) is 0 Å². The molecule has 0 spiro atoms. The van der Waals surface area contributed by atoms with Crippen molar-refractivity contribution in [1.82, 2.24) is 9.55 Å². The van der Waals surface area contributed by atoms with E-state index in [1.165, 1.54) is 23.6 Å². The SMILES string of the molecule is Cc1cc(C)cc(-n2c(C(C)F)nc3cc(F)c(C)cc3c2=O)c1. The lowest BCUT2D eigenvalue weighted by Crippen LogP contribution is -2.25. The van der Waals surface area contributed by atoms with Gasteiger partial charge in [0.2, 0.25) is 0 Å². The van der Waals surface area contributed by atoms with Crippen LogP contribution < -0.4 is 5.56 Å². The summed E-state index contributed by atoms with van der Waals surface area (Å²) in [5.74, 6) is -0.489. The summed E-state index contributed by atoms with van der Waals surface area (Å²) >= 11 is 0. The summed E-state index contributed by atoms with van der Waals surface area (Å²) in [6, 6.07) is 8.24. The van der Waals surface area contributed by atoms with Crippen molar-refractivity contribution >= 4 is 10.9 Å². The van der Waals surface area contributed by atoms with Gasteiger partial charge in [-0.25, -0.2) is 13.8 Å². The van der Waals surface area contributed by atoms with Crippen LogP contribution in [-0.2, 0) is 0 Å². The molecule has 1 heterocycles. The topological polar surface area (TPSA) is 34.9 Å². The molecule has 2 aromatic carbocycles. The van der Waals surface area contributed by atoms with Crippen LogP contribution in [0.5, 0.6) is 0 Å². The number of alkyl halides is 1. The normalized spacial score (nSPS) is 12.6. The first-order valence-corrected chi connectivity index (χ1v) is 7.73. The van der Waals surface area contributed by atoms with E-state index in [2.05, 4.69) is 4.98 Å². The fourth-order valence-electron chi connectivity index (χ4n) is 2.93. The maximum atomic E-state index is 14.2. The van der Waals surface area contributed by atoms with Crippen LogP contribution in [0.4, 0.5) is 8.78 Å². The van der Waals surface area contributed by atoms with Gasteiger partial charge in [0.05, 0.1) is 16.6 Å². The molecule has 0 aliphatic rings. The van der Waals surface area contributed by atoms with Gasteiger partial charge in [-0.2, -0.15) is 0 Å². The summed E-state index contributed by atoms with van der Waals surface area (Å²) in [6.07, 6.45) is -1.47. The molecule has 0 fully saturated rings. The van der Waals surface area contributed by atoms with E-state index in [4.69, 9.17) is 0 Å². The van der Waals surface area contributed by atoms with Crippen LogP contribution in [0.15, 0.2) is 35.1 Å². The van der Waals surface area contributed by atoms with Crippen LogP contribution in [0, 0.1) is 26.6 Å². The molecule has 3 rings (SSSR count). The van der Waals surface area contributed by atoms with Crippen molar-refractivity contribution in [3.8, 4) is 5.69 Å². The monoisotopic (exact) mass is 328 g/mol. The second-order valence-electron chi connectivity index (χ2n) is 6.19. The number of nitrogens with zero attached hydrogens (tertiary/aromatic N) is 2. The molecular weight excluding hydrogens is 310 g/mol. The number of halogens is 2. The van der Waals surface area contributed by atoms with E-state index in [1.54, 1.807) is 6.92 Å². The quantitative estimate of drug-likeness (QED) is 0.695. The maximum Gasteiger partial charge on any atom is 0.266 e. The minimum absolute atomic E-state index is 0.0271. The van der Waals surface area contributed by atoms with E-state index in [0.29, 0.717) is 11.3 Å². The van der Waals surface area contributed by atoms with Crippen molar-refractivity contribution in [2.45, 2.75) is 33.9 Å². The van der Waals surface area contributed by atoms with E-state index >= 15 is 0 Å². The highest BCUT2D eigenvalue weighted by atomic mass is 19.1. The average Bonchev–Trinajstić information content (AvgIpc) is 2.48. The fourth-order valence-corrected chi connectivity index (χ4v) is 2.93. The average molecular weight is 328 g/mol. The van der Waals surface area contributed by atoms with Gasteiger partial charge in [-0.05, 0) is 62.6 Å². The van der Waals surface area contributed by atoms with Crippen LogP contribution in [0.2, 0.25) is 0 Å². The van der Waals surface area contributed by atoms with Gasteiger partial charge >= 0.3 is 0 Å². The second kappa shape index (κ2) is 5.82. The van der Waals surface area contributed by atoms with E-state index in [0.717, 1.165) is 11.1 Å². The highest BCUT2D eigenvalue weighted by Crippen LogP contribution is 2.23. The summed E-state index contributed by atoms with van der Waals surface area (Å²) in [5.41, 5.74) is 2.62. The first kappa shape index (κ1) is 16.3. The molecular formula is C19H18F2N2O. The van der Waals surface area contributed by atoms with E-state index in [9.17, 15) is 13.6 Å². The van der Waals surface area contributed by atoms with Crippen LogP contribution in [0.1, 0.15) is 35.6 Å². The predicted octanol–water partition coefficient (Wildman–Crippen LogP) is 4.48. The Kier molecular flexibility index (Phi) is 3.95. The largest absolute Gasteiger partial charge is 0.268 e. The van der Waals surface area contributed by atoms with Gasteiger partial charge in [0.15, 0.2) is 12.0 Å². The van der Waals surface area contributed by atoms with Crippen molar-refractivity contribution in [1.29, 1.82) is 0 Å². The number of hydrogen-bond acceptors (Lipinski definition) is 2. The van der Waals surface area contributed by atoms with E-state index < -0.39 is 17.5 Å². The zero-order valence-corrected chi connectivity index (χ0v) is 14.0. The minimum atomic E-state index is -1.47. The number of aryl methyl sites for hydroxylation is 3. The lowest BCUT2D eigenvalue weighted by molar-refractivity contribution is 0.350. The Morgan fingerprint density at radius 2 is 1.67 bits per heavy atom. The first-order valence-electron chi connectivity index (χ1n) is 7.73. The predicted molar refractivity (Wildman–Crippen MR) is 91.0 cm³/mol. The van der Waals surface area contributed by atoms with Gasteiger partial charge in [-0.3, -0.25) is 9.36 Å². The molecule has 1 aromatic heterocycles. The molecule has 0 amide bonds. The van der Waals surface area contributed by atoms with Crippen LogP contribution in [0.25, 0.3) is 16.6 Å². The lowest BCUT2D eigenvalue weighted by Gasteiger charge is -2.16. The van der Waals surface area contributed by atoms with E-state index in [1.807, 2.05) is 32.0 Å². The molecule has 0 bridgehead atoms. The zero-order chi connectivity index (χ0) is 17.6. The third kappa shape index (κ3) is 2.70. The van der Waals surface area contributed by atoms with Crippen molar-refractivity contribution in [3.63, 3.8) is 0 Å². The molecule has 1 unspecified atom stereocenters. The van der Waals surface area contributed by atoms with Crippen LogP contribution in [-0.4, -0.2) is 9.55 Å². The molecule has 3 aromatic rings. The fraction of sp³-hybridized carbons (Fsp3) is 0.263. The minimum Gasteiger partial charge on any atom is -0.268 e. The Bertz CT molecular complexity index is 986. The van der Waals surface area contributed by atoms with Crippen molar-refractivity contribution in [2.24, 2.45) is 0 Å². The van der Waals surface area contributed by atoms with Gasteiger partial charge in [0, 0.05) is 6.07 Å². The maximum absolute atomic E-state index is 14.2. The Morgan fingerprint density at radius 1 is 1.04 bits per heavy atom. The number of rotatable bonds is 2. The summed E-state index contributed by atoms with van der Waals surface area (Å²) in [7, 11) is 0. The molecule has 3 nitrogen and oxygen atoms in total. The molecule has 0 saturated carbocycles. The van der Waals surface area contributed by atoms with Crippen LogP contribution >= 0.6 is 0 Å². The molecule has 24 heavy (non-hydrogen) atoms. The van der Waals surface area contributed by atoms with Gasteiger partial charge in [-0.1, -0.05) is 6.07 Å². The Balaban J connectivity index is 2.45. The Labute approximate surface area is 138 Å². The number of aromatic nitrogens is 2. The summed E-state index contributed by atoms with van der Waals surface area (Å²) in [4.78, 5) is 17.2. The number of hydrogen-bond donors (Lipinski definition) is 0. The van der Waals surface area contributed by atoms with Crippen molar-refractivity contribution < 1.29 is 8.78 Å². The molecule has 0 aliphatic heterocycles. The smallest absolute Gasteiger partial charge is 0.266 e. The molecule has 0 aliphatic carbocycles. The Morgan fingerprint density at radius 3 is 2.25 bits per heavy atom. The van der Waals surface area contributed by atoms with Crippen molar-refractivity contribution in [3.05, 3.63) is 69.0 Å². The third-order valence-electron chi connectivity index (χ3n) is 3.99. The highest BCUT2D eigenvalue weighted by Gasteiger charge is 2.18. The molecule has 1 atom stereocenters. The first-order chi connectivity index (χ1) is 11.3. The third-order valence-corrected chi connectivity index (χ3v) is 3.99. The summed E-state index contributed by atoms with van der Waals surface area (Å²) in [6.45, 7) is 6.72. The molecule has 124 valence electrons. The standard InChI is InChI=1S/C19H18F2N2O/c1-10-5-11(2)7-14(6-10)23-18(13(4)20)22-17-9-16(21)12(3)8-15(17)19(23)24/h5-9,13H,1-4H3. The van der Waals surface area contributed by atoms with Gasteiger partial charge in [0.1, 0.15) is 5.82 Å². The van der Waals surface area contributed by atoms with Crippen LogP contribution in [0.3, 0.4) is 0 Å². The highest BCUT2D eigenvalue weighted by molar-refractivity contribution is 5.79. The lowest BCUT2D eigenvalue weighted by atomic mass is 10.1. The molecule has 0 radical (unpaired) electrons. The van der Waals surface area contributed by atoms with E-state index in [-0.39, 0.29) is 16.7 Å². The Hall–Kier alpha value is -2.56. The van der Waals surface area contributed by atoms with Gasteiger partial charge in [-0.15, -0.1) is 0 Å². The summed E-state index contributed by atoms with van der Waals surface area (Å²) < 4.78 is 29.2. The van der Waals surface area contributed by atoms with Gasteiger partial charge < -0.3 is 0 Å². The zero-order valence-electron chi connectivity index (χ0n) is 14.0. The molecule has 0 N–H and O–H groups in total. The summed E-state index contributed by atoms with van der Waals surface area (Å²) in [5, 5.41) is 0.275. The molecule has 5 heteroatoms. The second-order valence-corrected chi connectivity index (χ2v) is 6.19. The molecule has 0 saturated heterocycles.